The van der Waals surface area contributed by atoms with Crippen molar-refractivity contribution in [2.45, 2.75) is 89.4 Å². The van der Waals surface area contributed by atoms with Gasteiger partial charge in [-0.15, -0.1) is 11.3 Å². The molecule has 2 fully saturated rings. The average Bonchev–Trinajstić information content (AvgIpc) is 3.37. The van der Waals surface area contributed by atoms with E-state index in [-0.39, 0.29) is 23.8 Å². The fourth-order valence-corrected chi connectivity index (χ4v) is 4.80. The second-order valence-electron chi connectivity index (χ2n) is 8.10. The second-order valence-corrected chi connectivity index (χ2v) is 9.13. The molecule has 2 unspecified atom stereocenters. The molecule has 2 N–H and O–H groups in total. The Morgan fingerprint density at radius 1 is 1.29 bits per heavy atom. The number of carbonyl (C=O) groups is 3. The van der Waals surface area contributed by atoms with Crippen LogP contribution in [0, 0.1) is 0 Å². The summed E-state index contributed by atoms with van der Waals surface area (Å²) in [4.78, 5) is 41.1. The Labute approximate surface area is 171 Å². The number of rotatable bonds is 7. The first kappa shape index (κ1) is 20.8. The monoisotopic (exact) mass is 405 g/mol. The molecule has 7 heteroatoms. The van der Waals surface area contributed by atoms with Gasteiger partial charge in [-0.1, -0.05) is 32.3 Å². The van der Waals surface area contributed by atoms with E-state index in [1.807, 2.05) is 31.4 Å². The van der Waals surface area contributed by atoms with Gasteiger partial charge in [-0.3, -0.25) is 14.4 Å². The molecule has 0 bridgehead atoms. The normalized spacial score (nSPS) is 22.4. The predicted octanol–water partition coefficient (Wildman–Crippen LogP) is 2.97. The highest BCUT2D eigenvalue weighted by Crippen LogP contribution is 2.28. The van der Waals surface area contributed by atoms with E-state index in [2.05, 4.69) is 10.6 Å². The fraction of sp³-hybridized carbons (Fsp3) is 0.667. The first-order chi connectivity index (χ1) is 13.4. The van der Waals surface area contributed by atoms with Crippen molar-refractivity contribution in [2.24, 2.45) is 0 Å². The zero-order chi connectivity index (χ0) is 20.1. The van der Waals surface area contributed by atoms with Gasteiger partial charge in [0, 0.05) is 17.3 Å². The number of carbonyl (C=O) groups excluding carboxylic acids is 3. The Kier molecular flexibility index (Phi) is 6.75. The third-order valence-corrected chi connectivity index (χ3v) is 7.03. The van der Waals surface area contributed by atoms with Gasteiger partial charge >= 0.3 is 0 Å². The van der Waals surface area contributed by atoms with Gasteiger partial charge in [0.1, 0.15) is 11.6 Å². The van der Waals surface area contributed by atoms with Crippen molar-refractivity contribution in [3.05, 3.63) is 22.4 Å². The lowest BCUT2D eigenvalue weighted by atomic mass is 9.90. The van der Waals surface area contributed by atoms with Crippen LogP contribution >= 0.6 is 11.3 Å². The molecule has 0 radical (unpaired) electrons. The molecule has 0 spiro atoms. The van der Waals surface area contributed by atoms with Crippen LogP contribution in [-0.4, -0.2) is 40.2 Å². The van der Waals surface area contributed by atoms with Crippen molar-refractivity contribution in [2.75, 3.05) is 0 Å². The molecule has 0 aromatic carbocycles. The third-order valence-electron chi connectivity index (χ3n) is 6.17. The number of amides is 3. The van der Waals surface area contributed by atoms with Crippen LogP contribution in [0.25, 0.3) is 0 Å². The topological polar surface area (TPSA) is 78.5 Å². The largest absolute Gasteiger partial charge is 0.351 e. The van der Waals surface area contributed by atoms with E-state index in [0.29, 0.717) is 25.8 Å². The molecular weight excluding hydrogens is 374 g/mol. The standard InChI is InChI=1S/C21H31N3O3S/c1-3-21(2,20(27)22-15-8-5-4-6-9-15)24(14-16-10-7-13-28-16)19(26)17-11-12-18(25)23-17/h7,10,13,15,17H,3-6,8-9,11-12,14H2,1-2H3,(H,22,27)(H,23,25). The quantitative estimate of drug-likeness (QED) is 0.732. The minimum atomic E-state index is -0.953. The summed E-state index contributed by atoms with van der Waals surface area (Å²) in [6.45, 7) is 4.18. The molecule has 3 amide bonds. The predicted molar refractivity (Wildman–Crippen MR) is 110 cm³/mol. The molecule has 6 nitrogen and oxygen atoms in total. The maximum absolute atomic E-state index is 13.4. The molecule has 1 aliphatic carbocycles. The van der Waals surface area contributed by atoms with Gasteiger partial charge in [-0.2, -0.15) is 0 Å². The van der Waals surface area contributed by atoms with Crippen molar-refractivity contribution in [3.63, 3.8) is 0 Å². The van der Waals surface area contributed by atoms with Gasteiger partial charge in [0.25, 0.3) is 0 Å². The summed E-state index contributed by atoms with van der Waals surface area (Å²) >= 11 is 1.57. The van der Waals surface area contributed by atoms with E-state index in [9.17, 15) is 14.4 Å². The number of nitrogens with zero attached hydrogens (tertiary/aromatic N) is 1. The highest BCUT2D eigenvalue weighted by atomic mass is 32.1. The Hall–Kier alpha value is -1.89. The molecule has 28 heavy (non-hydrogen) atoms. The van der Waals surface area contributed by atoms with E-state index < -0.39 is 11.6 Å². The molecule has 1 saturated carbocycles. The van der Waals surface area contributed by atoms with Gasteiger partial charge in [0.2, 0.25) is 17.7 Å². The molecule has 2 heterocycles. The lowest BCUT2D eigenvalue weighted by Crippen LogP contribution is -2.62. The van der Waals surface area contributed by atoms with Gasteiger partial charge in [0.15, 0.2) is 0 Å². The van der Waals surface area contributed by atoms with Crippen LogP contribution in [0.4, 0.5) is 0 Å². The summed E-state index contributed by atoms with van der Waals surface area (Å²) in [7, 11) is 0. The lowest BCUT2D eigenvalue weighted by Gasteiger charge is -2.41. The average molecular weight is 406 g/mol. The van der Waals surface area contributed by atoms with Crippen molar-refractivity contribution >= 4 is 29.1 Å². The fourth-order valence-electron chi connectivity index (χ4n) is 4.10. The van der Waals surface area contributed by atoms with E-state index in [1.54, 1.807) is 16.2 Å². The van der Waals surface area contributed by atoms with Gasteiger partial charge in [-0.25, -0.2) is 0 Å². The summed E-state index contributed by atoms with van der Waals surface area (Å²) in [6, 6.07) is 3.58. The molecular formula is C21H31N3O3S. The lowest BCUT2D eigenvalue weighted by molar-refractivity contribution is -0.150. The Morgan fingerprint density at radius 3 is 2.61 bits per heavy atom. The van der Waals surface area contributed by atoms with Crippen LogP contribution in [0.2, 0.25) is 0 Å². The van der Waals surface area contributed by atoms with E-state index in [0.717, 1.165) is 30.6 Å². The van der Waals surface area contributed by atoms with Gasteiger partial charge in [-0.05, 0) is 44.1 Å². The van der Waals surface area contributed by atoms with Crippen molar-refractivity contribution < 1.29 is 14.4 Å². The molecule has 3 rings (SSSR count). The third kappa shape index (κ3) is 4.57. The summed E-state index contributed by atoms with van der Waals surface area (Å²) < 4.78 is 0. The molecule has 154 valence electrons. The smallest absolute Gasteiger partial charge is 0.246 e. The van der Waals surface area contributed by atoms with Gasteiger partial charge < -0.3 is 15.5 Å². The summed E-state index contributed by atoms with van der Waals surface area (Å²) in [5.74, 6) is -0.349. The highest BCUT2D eigenvalue weighted by Gasteiger charge is 2.44. The van der Waals surface area contributed by atoms with Crippen LogP contribution in [-0.2, 0) is 20.9 Å². The summed E-state index contributed by atoms with van der Waals surface area (Å²) in [6.07, 6.45) is 6.87. The van der Waals surface area contributed by atoms with E-state index in [4.69, 9.17) is 0 Å². The van der Waals surface area contributed by atoms with Gasteiger partial charge in [0.05, 0.1) is 6.54 Å². The minimum Gasteiger partial charge on any atom is -0.351 e. The molecule has 1 aromatic heterocycles. The summed E-state index contributed by atoms with van der Waals surface area (Å²) in [5, 5.41) is 7.95. The number of nitrogens with one attached hydrogen (secondary N) is 2. The maximum Gasteiger partial charge on any atom is 0.246 e. The number of hydrogen-bond acceptors (Lipinski definition) is 4. The zero-order valence-corrected chi connectivity index (χ0v) is 17.6. The number of thiophene rings is 1. The van der Waals surface area contributed by atoms with Crippen molar-refractivity contribution in [1.29, 1.82) is 0 Å². The molecule has 1 aromatic rings. The molecule has 1 aliphatic heterocycles. The molecule has 1 saturated heterocycles. The van der Waals surface area contributed by atoms with Crippen molar-refractivity contribution in [3.8, 4) is 0 Å². The van der Waals surface area contributed by atoms with Crippen LogP contribution in [0.15, 0.2) is 17.5 Å². The van der Waals surface area contributed by atoms with Crippen LogP contribution in [0.5, 0.6) is 0 Å². The highest BCUT2D eigenvalue weighted by molar-refractivity contribution is 7.09. The second kappa shape index (κ2) is 9.07. The van der Waals surface area contributed by atoms with E-state index in [1.165, 1.54) is 6.42 Å². The van der Waals surface area contributed by atoms with E-state index >= 15 is 0 Å². The van der Waals surface area contributed by atoms with Crippen LogP contribution < -0.4 is 10.6 Å². The Bertz CT molecular complexity index is 700. The van der Waals surface area contributed by atoms with Crippen LogP contribution in [0.1, 0.15) is 70.1 Å². The molecule has 2 aliphatic rings. The Balaban J connectivity index is 1.82. The minimum absolute atomic E-state index is 0.0869. The maximum atomic E-state index is 13.4. The Morgan fingerprint density at radius 2 is 2.04 bits per heavy atom. The number of hydrogen-bond donors (Lipinski definition) is 2. The molecule has 2 atom stereocenters. The first-order valence-electron chi connectivity index (χ1n) is 10.4. The van der Waals surface area contributed by atoms with Crippen molar-refractivity contribution in [1.82, 2.24) is 15.5 Å². The summed E-state index contributed by atoms with van der Waals surface area (Å²) in [5.41, 5.74) is -0.953. The SMILES string of the molecule is CCC(C)(C(=O)NC1CCCCC1)N(Cc1cccs1)C(=O)C1CCC(=O)N1. The van der Waals surface area contributed by atoms with Crippen LogP contribution in [0.3, 0.4) is 0 Å². The zero-order valence-electron chi connectivity index (χ0n) is 16.8. The first-order valence-corrected chi connectivity index (χ1v) is 11.3.